The highest BCUT2D eigenvalue weighted by Gasteiger charge is 2.44. The standard InChI is InChI=1S/C23H28ClN3/c1-13(2)27-12-17(10-15-4-6-19(25)7-5-15)21-20(22(21)23(27)26)16-8-14(3)9-18(24)11-16/h4-7,11-14,16,20,26H,8-10,25H2,1-3H3. The number of aromatic nitrogens is 1. The van der Waals surface area contributed by atoms with Gasteiger partial charge in [-0.25, -0.2) is 0 Å². The summed E-state index contributed by atoms with van der Waals surface area (Å²) < 4.78 is 2.11. The molecule has 4 rings (SSSR count). The van der Waals surface area contributed by atoms with Gasteiger partial charge in [0.25, 0.3) is 0 Å². The number of fused-ring (bicyclic) bond motifs is 1. The molecule has 142 valence electrons. The molecule has 0 aliphatic heterocycles. The van der Waals surface area contributed by atoms with Crippen LogP contribution in [-0.2, 0) is 6.42 Å². The first-order valence-electron chi connectivity index (χ1n) is 9.88. The molecule has 0 spiro atoms. The van der Waals surface area contributed by atoms with Gasteiger partial charge in [-0.3, -0.25) is 5.41 Å². The molecule has 1 aromatic heterocycles. The van der Waals surface area contributed by atoms with Gasteiger partial charge in [0.15, 0.2) is 0 Å². The number of hydrogen-bond donors (Lipinski definition) is 2. The quantitative estimate of drug-likeness (QED) is 0.690. The van der Waals surface area contributed by atoms with Crippen LogP contribution in [0.15, 0.2) is 41.6 Å². The molecule has 0 radical (unpaired) electrons. The molecule has 3 unspecified atom stereocenters. The highest BCUT2D eigenvalue weighted by molar-refractivity contribution is 6.29. The zero-order chi connectivity index (χ0) is 19.3. The Morgan fingerprint density at radius 3 is 2.56 bits per heavy atom. The number of nitrogens with one attached hydrogen (secondary N) is 1. The van der Waals surface area contributed by atoms with E-state index in [2.05, 4.69) is 49.7 Å². The summed E-state index contributed by atoms with van der Waals surface area (Å²) in [6, 6.07) is 8.41. The van der Waals surface area contributed by atoms with Crippen molar-refractivity contribution in [3.63, 3.8) is 0 Å². The molecule has 1 heterocycles. The first-order chi connectivity index (χ1) is 12.8. The highest BCUT2D eigenvalue weighted by Crippen LogP contribution is 2.53. The lowest BCUT2D eigenvalue weighted by Gasteiger charge is -2.23. The number of nitrogens with two attached hydrogens (primary N) is 1. The fourth-order valence-electron chi connectivity index (χ4n) is 4.64. The van der Waals surface area contributed by atoms with Crippen molar-refractivity contribution in [2.75, 3.05) is 5.73 Å². The molecule has 0 amide bonds. The number of nitrogen functional groups attached to an aromatic ring is 1. The Morgan fingerprint density at radius 1 is 1.22 bits per heavy atom. The Balaban J connectivity index is 1.74. The van der Waals surface area contributed by atoms with Crippen LogP contribution >= 0.6 is 11.6 Å². The topological polar surface area (TPSA) is 54.8 Å². The summed E-state index contributed by atoms with van der Waals surface area (Å²) in [5.41, 5.74) is 12.5. The van der Waals surface area contributed by atoms with Crippen molar-refractivity contribution in [2.45, 2.75) is 52.0 Å². The Hall–Kier alpha value is -2.00. The molecule has 0 fully saturated rings. The van der Waals surface area contributed by atoms with Gasteiger partial charge in [-0.2, -0.15) is 0 Å². The molecule has 2 aliphatic carbocycles. The third-order valence-electron chi connectivity index (χ3n) is 5.95. The lowest BCUT2D eigenvalue weighted by molar-refractivity contribution is 0.415. The Kier molecular flexibility index (Phi) is 4.67. The minimum atomic E-state index is 0.277. The predicted molar refractivity (Wildman–Crippen MR) is 112 cm³/mol. The molecule has 2 aliphatic rings. The molecule has 1 aromatic carbocycles. The van der Waals surface area contributed by atoms with Crippen molar-refractivity contribution in [3.05, 3.63) is 69.3 Å². The van der Waals surface area contributed by atoms with Crippen molar-refractivity contribution in [1.82, 2.24) is 4.57 Å². The van der Waals surface area contributed by atoms with Crippen LogP contribution in [0.25, 0.3) is 0 Å². The normalized spacial score (nSPS) is 23.9. The molecule has 4 heteroatoms. The summed E-state index contributed by atoms with van der Waals surface area (Å²) in [5.74, 6) is 1.39. The van der Waals surface area contributed by atoms with Crippen molar-refractivity contribution < 1.29 is 0 Å². The van der Waals surface area contributed by atoms with Crippen LogP contribution in [0.3, 0.4) is 0 Å². The number of halogens is 1. The fourth-order valence-corrected chi connectivity index (χ4v) is 5.07. The molecule has 2 aromatic rings. The largest absolute Gasteiger partial charge is 0.399 e. The van der Waals surface area contributed by atoms with E-state index in [1.807, 2.05) is 12.1 Å². The van der Waals surface area contributed by atoms with E-state index in [-0.39, 0.29) is 6.04 Å². The second kappa shape index (κ2) is 6.87. The number of benzene rings is 1. The molecule has 3 nitrogen and oxygen atoms in total. The van der Waals surface area contributed by atoms with Crippen LogP contribution in [-0.4, -0.2) is 4.57 Å². The first-order valence-corrected chi connectivity index (χ1v) is 10.3. The van der Waals surface area contributed by atoms with Crippen molar-refractivity contribution in [3.8, 4) is 0 Å². The number of rotatable bonds is 4. The average Bonchev–Trinajstić information content (AvgIpc) is 3.34. The summed E-state index contributed by atoms with van der Waals surface area (Å²) in [5, 5.41) is 9.71. The van der Waals surface area contributed by atoms with Gasteiger partial charge >= 0.3 is 0 Å². The SMILES string of the molecule is CC1CC(Cl)=CC(C2c3c(Cc4ccc(N)cc4)cn(C(C)C)c(=N)c32)C1. The van der Waals surface area contributed by atoms with E-state index >= 15 is 0 Å². The Labute approximate surface area is 166 Å². The van der Waals surface area contributed by atoms with Gasteiger partial charge in [-0.05, 0) is 73.8 Å². The maximum absolute atomic E-state index is 8.72. The van der Waals surface area contributed by atoms with E-state index < -0.39 is 0 Å². The molecule has 0 bridgehead atoms. The van der Waals surface area contributed by atoms with Crippen LogP contribution in [0, 0.1) is 17.2 Å². The predicted octanol–water partition coefficient (Wildman–Crippen LogP) is 5.34. The number of allylic oxidation sites excluding steroid dienone is 2. The van der Waals surface area contributed by atoms with E-state index in [0.717, 1.165) is 30.0 Å². The van der Waals surface area contributed by atoms with Crippen LogP contribution in [0.4, 0.5) is 5.69 Å². The molecular formula is C23H28ClN3. The summed E-state index contributed by atoms with van der Waals surface area (Å²) in [6.45, 7) is 6.57. The molecule has 0 saturated carbocycles. The first kappa shape index (κ1) is 18.4. The summed E-state index contributed by atoms with van der Waals surface area (Å²) >= 11 is 6.42. The van der Waals surface area contributed by atoms with Gasteiger partial charge in [-0.15, -0.1) is 0 Å². The minimum Gasteiger partial charge on any atom is -0.399 e. The molecule has 27 heavy (non-hydrogen) atoms. The van der Waals surface area contributed by atoms with E-state index in [4.69, 9.17) is 22.7 Å². The second-order valence-corrected chi connectivity index (χ2v) is 9.04. The zero-order valence-corrected chi connectivity index (χ0v) is 17.1. The van der Waals surface area contributed by atoms with E-state index in [1.54, 1.807) is 0 Å². The van der Waals surface area contributed by atoms with E-state index in [0.29, 0.717) is 23.2 Å². The van der Waals surface area contributed by atoms with E-state index in [9.17, 15) is 0 Å². The number of pyridine rings is 1. The van der Waals surface area contributed by atoms with Gasteiger partial charge in [-0.1, -0.05) is 36.7 Å². The smallest absolute Gasteiger partial charge is 0.129 e. The third kappa shape index (κ3) is 3.45. The van der Waals surface area contributed by atoms with Crippen molar-refractivity contribution in [2.24, 2.45) is 11.8 Å². The summed E-state index contributed by atoms with van der Waals surface area (Å²) in [7, 11) is 0. The summed E-state index contributed by atoms with van der Waals surface area (Å²) in [4.78, 5) is 0. The lowest BCUT2D eigenvalue weighted by Crippen LogP contribution is -2.22. The van der Waals surface area contributed by atoms with Gasteiger partial charge in [0.2, 0.25) is 0 Å². The molecule has 3 atom stereocenters. The number of hydrogen-bond acceptors (Lipinski definition) is 2. The fraction of sp³-hybridized carbons (Fsp3) is 0.435. The van der Waals surface area contributed by atoms with E-state index in [1.165, 1.54) is 22.3 Å². The van der Waals surface area contributed by atoms with Crippen LogP contribution in [0.2, 0.25) is 0 Å². The Bertz CT molecular complexity index is 953. The molecular weight excluding hydrogens is 354 g/mol. The maximum atomic E-state index is 8.72. The second-order valence-electron chi connectivity index (χ2n) is 8.55. The zero-order valence-electron chi connectivity index (χ0n) is 16.3. The number of nitrogens with zero attached hydrogens (tertiary/aromatic N) is 1. The number of anilines is 1. The van der Waals surface area contributed by atoms with Crippen molar-refractivity contribution in [1.29, 1.82) is 5.41 Å². The lowest BCUT2D eigenvalue weighted by atomic mass is 9.83. The monoisotopic (exact) mass is 381 g/mol. The van der Waals surface area contributed by atoms with Gasteiger partial charge in [0.1, 0.15) is 5.49 Å². The van der Waals surface area contributed by atoms with Crippen LogP contribution in [0.5, 0.6) is 0 Å². The van der Waals surface area contributed by atoms with Crippen molar-refractivity contribution >= 4 is 17.3 Å². The Morgan fingerprint density at radius 2 is 1.93 bits per heavy atom. The average molecular weight is 382 g/mol. The molecule has 0 saturated heterocycles. The minimum absolute atomic E-state index is 0.277. The van der Waals surface area contributed by atoms with Gasteiger partial charge in [0.05, 0.1) is 0 Å². The van der Waals surface area contributed by atoms with Crippen LogP contribution in [0.1, 0.15) is 67.8 Å². The third-order valence-corrected chi connectivity index (χ3v) is 6.24. The highest BCUT2D eigenvalue weighted by atomic mass is 35.5. The van der Waals surface area contributed by atoms with Gasteiger partial charge in [0, 0.05) is 34.4 Å². The van der Waals surface area contributed by atoms with Gasteiger partial charge < -0.3 is 10.3 Å². The summed E-state index contributed by atoms with van der Waals surface area (Å²) in [6.07, 6.45) is 7.46. The molecule has 3 N–H and O–H groups in total. The van der Waals surface area contributed by atoms with Crippen LogP contribution < -0.4 is 11.2 Å². The maximum Gasteiger partial charge on any atom is 0.129 e.